The van der Waals surface area contributed by atoms with E-state index in [1.54, 1.807) is 0 Å². The Kier molecular flexibility index (Phi) is 2.61. The summed E-state index contributed by atoms with van der Waals surface area (Å²) >= 11 is 0. The lowest BCUT2D eigenvalue weighted by Crippen LogP contribution is -1.98. The first-order chi connectivity index (χ1) is 6.38. The van der Waals surface area contributed by atoms with Crippen LogP contribution in [0, 0.1) is 0 Å². The molecule has 0 saturated carbocycles. The number of nitrogens with zero attached hydrogens (tertiary/aromatic N) is 3. The van der Waals surface area contributed by atoms with E-state index < -0.39 is 6.04 Å². The number of hydrogen-bond acceptors (Lipinski definition) is 2. The summed E-state index contributed by atoms with van der Waals surface area (Å²) in [7, 11) is 0. The van der Waals surface area contributed by atoms with Gasteiger partial charge >= 0.3 is 0 Å². The lowest BCUT2D eigenvalue weighted by molar-refractivity contribution is 0.268. The van der Waals surface area contributed by atoms with Crippen molar-refractivity contribution < 1.29 is 5.11 Å². The summed E-state index contributed by atoms with van der Waals surface area (Å²) in [6.45, 7) is 0.0775. The quantitative estimate of drug-likeness (QED) is 0.414. The Labute approximate surface area is 71.6 Å². The Morgan fingerprint density at radius 3 is 2.92 bits per heavy atom. The van der Waals surface area contributed by atoms with E-state index in [4.69, 9.17) is 6.96 Å². The van der Waals surface area contributed by atoms with E-state index >= 15 is 0 Å². The van der Waals surface area contributed by atoms with Gasteiger partial charge in [0, 0.05) is 4.91 Å². The third-order valence-electron chi connectivity index (χ3n) is 1.53. The predicted octanol–water partition coefficient (Wildman–Crippen LogP) is 2.03. The Balaban J connectivity index is 2.81. The van der Waals surface area contributed by atoms with E-state index in [0.717, 1.165) is 5.56 Å². The van der Waals surface area contributed by atoms with Crippen molar-refractivity contribution >= 4 is 0 Å². The topological polar surface area (TPSA) is 69.0 Å². The smallest absolute Gasteiger partial charge is 0.210 e. The maximum absolute atomic E-state index is 8.27. The van der Waals surface area contributed by atoms with E-state index in [1.807, 2.05) is 30.3 Å². The molecule has 0 spiro atoms. The average Bonchev–Trinajstić information content (AvgIpc) is 2.19. The zero-order valence-corrected chi connectivity index (χ0v) is 6.42. The molecule has 0 fully saturated rings. The average molecular weight is 165 g/mol. The van der Waals surface area contributed by atoms with Crippen LogP contribution < -0.4 is 0 Å². The van der Waals surface area contributed by atoms with Crippen molar-refractivity contribution in [1.29, 1.82) is 1.43 Å². The largest absolute Gasteiger partial charge is 0.396 e. The van der Waals surface area contributed by atoms with Crippen molar-refractivity contribution in [2.24, 2.45) is 5.11 Å². The summed E-state index contributed by atoms with van der Waals surface area (Å²) in [6.07, 6.45) is 0. The van der Waals surface area contributed by atoms with Gasteiger partial charge in [-0.3, -0.25) is 0 Å². The number of aliphatic hydroxyl groups excluding tert-OH is 1. The van der Waals surface area contributed by atoms with Crippen LogP contribution in [0.1, 0.15) is 11.6 Å². The molecular formula is C8H9N3O. The van der Waals surface area contributed by atoms with E-state index in [9.17, 15) is 0 Å². The molecule has 0 aromatic heterocycles. The molecule has 12 heavy (non-hydrogen) atoms. The lowest BCUT2D eigenvalue weighted by Gasteiger charge is -2.05. The molecule has 1 atom stereocenters. The van der Waals surface area contributed by atoms with Gasteiger partial charge in [-0.05, 0) is 11.1 Å². The van der Waals surface area contributed by atoms with E-state index in [2.05, 4.69) is 15.1 Å². The zero-order valence-electron chi connectivity index (χ0n) is 7.42. The van der Waals surface area contributed by atoms with Crippen LogP contribution in [0.2, 0.25) is 0 Å². The monoisotopic (exact) mass is 165 g/mol. The molecular weight excluding hydrogens is 154 g/mol. The van der Waals surface area contributed by atoms with Gasteiger partial charge in [-0.2, -0.15) is 0 Å². The second-order valence-electron chi connectivity index (χ2n) is 2.30. The summed E-state index contributed by atoms with van der Waals surface area (Å²) in [5.41, 5.74) is 9.12. The van der Waals surface area contributed by atoms with E-state index in [-0.39, 0.29) is 6.61 Å². The van der Waals surface area contributed by atoms with Crippen LogP contribution in [0.3, 0.4) is 0 Å². The molecule has 1 rings (SSSR count). The maximum atomic E-state index is 8.27. The fourth-order valence-corrected chi connectivity index (χ4v) is 0.934. The standard InChI is InChI=1S/C8H9N3O/c9-11-10-8(6-12)7-4-2-1-3-5-7/h1-5,8,12H,6H2/t8-/m1/s1/i12T. The predicted molar refractivity (Wildman–Crippen MR) is 45.4 cm³/mol. The zero-order chi connectivity index (χ0) is 9.52. The minimum absolute atomic E-state index is 0.0775. The van der Waals surface area contributed by atoms with Crippen molar-refractivity contribution in [3.05, 3.63) is 46.3 Å². The van der Waals surface area contributed by atoms with E-state index in [0.29, 0.717) is 0 Å². The first-order valence-corrected chi connectivity index (χ1v) is 3.55. The number of azide groups is 1. The van der Waals surface area contributed by atoms with Gasteiger partial charge in [0.1, 0.15) is 0 Å². The number of hydrogen-bond donors (Lipinski definition) is 1. The van der Waals surface area contributed by atoms with Crippen molar-refractivity contribution in [3.63, 3.8) is 0 Å². The second kappa shape index (κ2) is 4.38. The molecule has 0 aliphatic carbocycles. The van der Waals surface area contributed by atoms with Crippen molar-refractivity contribution in [2.75, 3.05) is 6.61 Å². The third kappa shape index (κ3) is 1.99. The van der Waals surface area contributed by atoms with Crippen LogP contribution in [0.4, 0.5) is 0 Å². The van der Waals surface area contributed by atoms with Gasteiger partial charge in [0.25, 0.3) is 0 Å². The molecule has 0 heterocycles. The molecule has 1 N–H and O–H groups in total. The summed E-state index contributed by atoms with van der Waals surface area (Å²) in [4.78, 5) is 2.69. The van der Waals surface area contributed by atoms with Crippen LogP contribution in [0.25, 0.3) is 10.4 Å². The molecule has 0 aliphatic heterocycles. The van der Waals surface area contributed by atoms with Crippen LogP contribution in [-0.4, -0.2) is 13.1 Å². The highest BCUT2D eigenvalue weighted by Crippen LogP contribution is 2.15. The molecule has 1 aromatic carbocycles. The van der Waals surface area contributed by atoms with Crippen LogP contribution in [-0.2, 0) is 0 Å². The summed E-state index contributed by atoms with van der Waals surface area (Å²) < 4.78 is 6.58. The highest BCUT2D eigenvalue weighted by Gasteiger charge is 2.05. The highest BCUT2D eigenvalue weighted by atomic mass is 16.3. The fraction of sp³-hybridized carbons (Fsp3) is 0.250. The van der Waals surface area contributed by atoms with Gasteiger partial charge < -0.3 is 5.11 Å². The molecule has 62 valence electrons. The minimum atomic E-state index is -0.413. The number of rotatable bonds is 4. The van der Waals surface area contributed by atoms with Crippen molar-refractivity contribution in [2.45, 2.75) is 6.04 Å². The first-order valence-electron chi connectivity index (χ1n) is 3.96. The number of aliphatic hydroxyl groups is 1. The van der Waals surface area contributed by atoms with Gasteiger partial charge in [0.15, 0.2) is 0 Å². The highest BCUT2D eigenvalue weighted by molar-refractivity contribution is 5.18. The molecule has 0 saturated heterocycles. The van der Waals surface area contributed by atoms with Crippen LogP contribution in [0.15, 0.2) is 35.4 Å². The Morgan fingerprint density at radius 2 is 2.33 bits per heavy atom. The van der Waals surface area contributed by atoms with Crippen molar-refractivity contribution in [3.8, 4) is 0 Å². The minimum Gasteiger partial charge on any atom is -0.396 e. The van der Waals surface area contributed by atoms with Gasteiger partial charge in [-0.1, -0.05) is 35.4 Å². The molecule has 4 nitrogen and oxygen atoms in total. The normalized spacial score (nSPS) is 12.8. The molecule has 1 aromatic rings. The molecule has 0 unspecified atom stereocenters. The van der Waals surface area contributed by atoms with E-state index in [1.165, 1.54) is 0 Å². The van der Waals surface area contributed by atoms with Crippen LogP contribution in [0.5, 0.6) is 0 Å². The first kappa shape index (κ1) is 7.16. The summed E-state index contributed by atoms with van der Waals surface area (Å²) in [5.74, 6) is 0. The maximum Gasteiger partial charge on any atom is 0.210 e. The second-order valence-corrected chi connectivity index (χ2v) is 2.30. The Morgan fingerprint density at radius 1 is 1.58 bits per heavy atom. The van der Waals surface area contributed by atoms with Crippen molar-refractivity contribution in [1.82, 2.24) is 0 Å². The summed E-state index contributed by atoms with van der Waals surface area (Å²) in [5, 5.41) is 7.72. The summed E-state index contributed by atoms with van der Waals surface area (Å²) in [6, 6.07) is 8.82. The Hall–Kier alpha value is -1.51. The molecule has 0 radical (unpaired) electrons. The SMILES string of the molecule is [3H]OC[C@@H](N=[N+]=[N-])c1ccccc1. The molecule has 0 aliphatic rings. The Bertz CT molecular complexity index is 298. The molecule has 0 bridgehead atoms. The van der Waals surface area contributed by atoms with Gasteiger partial charge in [-0.25, -0.2) is 0 Å². The van der Waals surface area contributed by atoms with Crippen LogP contribution >= 0.6 is 0 Å². The van der Waals surface area contributed by atoms with Gasteiger partial charge in [-0.15, -0.1) is 0 Å². The fourth-order valence-electron chi connectivity index (χ4n) is 0.934. The molecule has 4 heteroatoms. The lowest BCUT2D eigenvalue weighted by atomic mass is 10.1. The van der Waals surface area contributed by atoms with Gasteiger partial charge in [0.2, 0.25) is 1.43 Å². The third-order valence-corrected chi connectivity index (χ3v) is 1.53. The van der Waals surface area contributed by atoms with Gasteiger partial charge in [0.05, 0.1) is 12.6 Å². The number of benzene rings is 1. The molecule has 0 amide bonds.